The Morgan fingerprint density at radius 2 is 2.12 bits per heavy atom. The van der Waals surface area contributed by atoms with Gasteiger partial charge in [0.05, 0.1) is 17.7 Å². The van der Waals surface area contributed by atoms with Crippen LogP contribution in [0.3, 0.4) is 0 Å². The summed E-state index contributed by atoms with van der Waals surface area (Å²) in [6.45, 7) is 2.48. The molecule has 10 heteroatoms. The van der Waals surface area contributed by atoms with Crippen LogP contribution in [0.15, 0.2) is 28.3 Å². The van der Waals surface area contributed by atoms with Crippen molar-refractivity contribution < 1.29 is 5.09 Å². The van der Waals surface area contributed by atoms with Crippen molar-refractivity contribution >= 4 is 35.9 Å². The van der Waals surface area contributed by atoms with Crippen LogP contribution in [0.25, 0.3) is 0 Å². The molecule has 1 aliphatic rings. The third kappa shape index (κ3) is 6.16. The highest BCUT2D eigenvalue weighted by molar-refractivity contribution is 6.35. The second-order valence-corrected chi connectivity index (χ2v) is 6.03. The third-order valence-electron chi connectivity index (χ3n) is 3.47. The summed E-state index contributed by atoms with van der Waals surface area (Å²) < 4.78 is 0. The Balaban J connectivity index is 0.000000705. The minimum atomic E-state index is -1.75. The fraction of sp³-hybridized carbons (Fsp3) is 0.400. The highest BCUT2D eigenvalue weighted by Crippen LogP contribution is 2.36. The highest BCUT2D eigenvalue weighted by atomic mass is 35.5. The van der Waals surface area contributed by atoms with Crippen LogP contribution in [0, 0.1) is 26.7 Å². The molecule has 0 saturated carbocycles. The average Bonchev–Trinajstić information content (AvgIpc) is 3.04. The first-order chi connectivity index (χ1) is 11.8. The fourth-order valence-electron chi connectivity index (χ4n) is 2.36. The van der Waals surface area contributed by atoms with Crippen LogP contribution in [-0.2, 0) is 5.41 Å². The second kappa shape index (κ2) is 9.74. The molecule has 1 unspecified atom stereocenters. The summed E-state index contributed by atoms with van der Waals surface area (Å²) >= 11 is 12.3. The molecule has 0 fully saturated rings. The molecule has 0 N–H and O–H groups in total. The monoisotopic (exact) mass is 383 g/mol. The normalized spacial score (nSPS) is 14.1. The molecule has 0 aromatic heterocycles. The van der Waals surface area contributed by atoms with Crippen LogP contribution in [0.1, 0.15) is 31.7 Å². The van der Waals surface area contributed by atoms with Gasteiger partial charge in [0.25, 0.3) is 6.34 Å². The molecule has 132 valence electrons. The molecule has 1 aromatic rings. The third-order valence-corrected chi connectivity index (χ3v) is 4.02. The molecule has 2 rings (SSSR count). The SMILES string of the molecule is CCCCC(C#N)(CN1C=N[C+]=N1)c1ccc(Cl)cc1Cl.O=[N+]([O-])[O-]. The van der Waals surface area contributed by atoms with Crippen molar-refractivity contribution in [1.29, 1.82) is 5.26 Å². The molecule has 25 heavy (non-hydrogen) atoms. The summed E-state index contributed by atoms with van der Waals surface area (Å²) in [5, 5.41) is 31.3. The molecule has 0 saturated heterocycles. The van der Waals surface area contributed by atoms with E-state index in [4.69, 9.17) is 38.5 Å². The van der Waals surface area contributed by atoms with Gasteiger partial charge in [0, 0.05) is 20.1 Å². The second-order valence-electron chi connectivity index (χ2n) is 5.19. The van der Waals surface area contributed by atoms with Crippen LogP contribution in [0.2, 0.25) is 10.0 Å². The van der Waals surface area contributed by atoms with Crippen molar-refractivity contribution in [3.63, 3.8) is 0 Å². The van der Waals surface area contributed by atoms with E-state index >= 15 is 0 Å². The summed E-state index contributed by atoms with van der Waals surface area (Å²) in [5.41, 5.74) is 0.0270. The molecule has 8 nitrogen and oxygen atoms in total. The zero-order valence-corrected chi connectivity index (χ0v) is 14.9. The molecule has 1 heterocycles. The number of nitriles is 1. The molecule has 1 atom stereocenters. The van der Waals surface area contributed by atoms with Crippen molar-refractivity contribution in [2.75, 3.05) is 6.54 Å². The van der Waals surface area contributed by atoms with E-state index in [-0.39, 0.29) is 0 Å². The maximum atomic E-state index is 9.84. The molecule has 0 radical (unpaired) electrons. The van der Waals surface area contributed by atoms with E-state index in [1.54, 1.807) is 23.5 Å². The number of halogens is 2. The van der Waals surface area contributed by atoms with E-state index < -0.39 is 10.5 Å². The molecule has 1 aromatic carbocycles. The molecule has 1 aliphatic heterocycles. The molecule has 0 aliphatic carbocycles. The minimum absolute atomic E-state index is 0.390. The number of benzene rings is 1. The van der Waals surface area contributed by atoms with Crippen molar-refractivity contribution in [3.05, 3.63) is 49.1 Å². The van der Waals surface area contributed by atoms with Crippen LogP contribution in [0.4, 0.5) is 0 Å². The number of aliphatic imine (C=N–C) groups is 1. The first-order valence-electron chi connectivity index (χ1n) is 7.28. The van der Waals surface area contributed by atoms with Crippen molar-refractivity contribution in [2.45, 2.75) is 31.6 Å². The topological polar surface area (TPSA) is 118 Å². The van der Waals surface area contributed by atoms with Gasteiger partial charge in [-0.05, 0) is 24.1 Å². The van der Waals surface area contributed by atoms with Gasteiger partial charge in [-0.1, -0.05) is 49.0 Å². The van der Waals surface area contributed by atoms with Crippen LogP contribution < -0.4 is 0 Å². The maximum Gasteiger partial charge on any atom is 0.371 e. The molecule has 0 amide bonds. The van der Waals surface area contributed by atoms with Crippen LogP contribution >= 0.6 is 23.2 Å². The Bertz CT molecular complexity index is 689. The first kappa shape index (κ1) is 20.6. The fourth-order valence-corrected chi connectivity index (χ4v) is 2.95. The lowest BCUT2D eigenvalue weighted by molar-refractivity contribution is -0.402. The minimum Gasteiger partial charge on any atom is -0.356 e. The lowest BCUT2D eigenvalue weighted by atomic mass is 9.77. The molecular weight excluding hydrogens is 369 g/mol. The largest absolute Gasteiger partial charge is 0.371 e. The van der Waals surface area contributed by atoms with Gasteiger partial charge in [0.15, 0.2) is 0 Å². The van der Waals surface area contributed by atoms with Crippen molar-refractivity contribution in [1.82, 2.24) is 5.01 Å². The maximum absolute atomic E-state index is 9.84. The first-order valence-corrected chi connectivity index (χ1v) is 8.04. The molecular formula is C15H15Cl2N5O3. The molecule has 0 spiro atoms. The summed E-state index contributed by atoms with van der Waals surface area (Å²) in [7, 11) is 0. The van der Waals surface area contributed by atoms with Gasteiger partial charge < -0.3 is 15.3 Å². The summed E-state index contributed by atoms with van der Waals surface area (Å²) in [4.78, 5) is 12.1. The van der Waals surface area contributed by atoms with E-state index in [1.807, 2.05) is 6.07 Å². The van der Waals surface area contributed by atoms with Gasteiger partial charge >= 0.3 is 6.34 Å². The summed E-state index contributed by atoms with van der Waals surface area (Å²) in [6.07, 6.45) is 6.68. The quantitative estimate of drug-likeness (QED) is 0.419. The van der Waals surface area contributed by atoms with Gasteiger partial charge in [0.2, 0.25) is 0 Å². The smallest absolute Gasteiger partial charge is 0.356 e. The van der Waals surface area contributed by atoms with Crippen LogP contribution in [0.5, 0.6) is 0 Å². The van der Waals surface area contributed by atoms with E-state index in [1.165, 1.54) is 0 Å². The predicted octanol–water partition coefficient (Wildman–Crippen LogP) is 3.87. The zero-order valence-electron chi connectivity index (χ0n) is 13.4. The Labute approximate surface area is 155 Å². The number of rotatable bonds is 6. The van der Waals surface area contributed by atoms with Gasteiger partial charge in [-0.2, -0.15) is 5.26 Å². The van der Waals surface area contributed by atoms with Crippen molar-refractivity contribution in [2.24, 2.45) is 10.1 Å². The zero-order chi connectivity index (χ0) is 18.9. The van der Waals surface area contributed by atoms with Gasteiger partial charge in [-0.3, -0.25) is 0 Å². The van der Waals surface area contributed by atoms with Crippen LogP contribution in [-0.4, -0.2) is 29.3 Å². The Morgan fingerprint density at radius 3 is 2.60 bits per heavy atom. The number of hydrogen-bond acceptors (Lipinski definition) is 7. The average molecular weight is 384 g/mol. The predicted molar refractivity (Wildman–Crippen MR) is 96.3 cm³/mol. The van der Waals surface area contributed by atoms with Gasteiger partial charge in [-0.25, -0.2) is 0 Å². The van der Waals surface area contributed by atoms with E-state index in [9.17, 15) is 5.26 Å². The summed E-state index contributed by atoms with van der Waals surface area (Å²) in [5.74, 6) is 0. The standard InChI is InChI=1S/C15H15Cl2N4.NO3/c1-2-3-6-15(8-18,9-21-11-19-10-20-21)13-5-4-12(16)7-14(13)17;2-1(3)4/h4-5,7,11H,2-3,6,9H2,1H3;/q+1;-1. The lowest BCUT2D eigenvalue weighted by Crippen LogP contribution is -2.37. The van der Waals surface area contributed by atoms with Gasteiger partial charge in [-0.15, -0.1) is 5.01 Å². The Kier molecular flexibility index (Phi) is 8.02. The van der Waals surface area contributed by atoms with E-state index in [0.29, 0.717) is 23.0 Å². The molecule has 0 bridgehead atoms. The Hall–Kier alpha value is -2.46. The van der Waals surface area contributed by atoms with Gasteiger partial charge in [0.1, 0.15) is 5.41 Å². The number of unbranched alkanes of at least 4 members (excludes halogenated alkanes) is 1. The van der Waals surface area contributed by atoms with E-state index in [0.717, 1.165) is 18.4 Å². The van der Waals surface area contributed by atoms with Crippen molar-refractivity contribution in [3.8, 4) is 6.07 Å². The number of hydrazone groups is 1. The summed E-state index contributed by atoms with van der Waals surface area (Å²) in [6, 6.07) is 7.69. The highest BCUT2D eigenvalue weighted by Gasteiger charge is 2.38. The lowest BCUT2D eigenvalue weighted by Gasteiger charge is -2.28. The Morgan fingerprint density at radius 1 is 1.44 bits per heavy atom. The number of nitrogens with zero attached hydrogens (tertiary/aromatic N) is 5. The van der Waals surface area contributed by atoms with E-state index in [2.05, 4.69) is 29.4 Å². The number of hydrogen-bond donors (Lipinski definition) is 0.